The number of likely N-dealkylation sites (tertiary alicyclic amines) is 1. The summed E-state index contributed by atoms with van der Waals surface area (Å²) in [5.74, 6) is 0.0363. The third-order valence-corrected chi connectivity index (χ3v) is 4.75. The lowest BCUT2D eigenvalue weighted by Gasteiger charge is -2.41. The third kappa shape index (κ3) is 2.75. The number of carbonyl (C=O) groups is 1. The molecule has 1 aliphatic heterocycles. The molecule has 0 aromatic heterocycles. The number of amides is 1. The van der Waals surface area contributed by atoms with Gasteiger partial charge in [-0.1, -0.05) is 38.8 Å². The lowest BCUT2D eigenvalue weighted by Crippen LogP contribution is -2.42. The molecule has 0 bridgehead atoms. The zero-order valence-corrected chi connectivity index (χ0v) is 11.9. The Labute approximate surface area is 115 Å². The quantitative estimate of drug-likeness (QED) is 0.905. The van der Waals surface area contributed by atoms with Gasteiger partial charge >= 0.3 is 0 Å². The number of piperidine rings is 1. The van der Waals surface area contributed by atoms with Crippen LogP contribution in [0.2, 0.25) is 0 Å². The summed E-state index contributed by atoms with van der Waals surface area (Å²) in [4.78, 5) is 14.2. The Morgan fingerprint density at radius 2 is 1.79 bits per heavy atom. The zero-order valence-electron chi connectivity index (χ0n) is 11.9. The number of benzene rings is 1. The molecule has 1 aromatic carbocycles. The number of carbonyl (C=O) groups excluding carboxylic acids is 1. The van der Waals surface area contributed by atoms with Crippen LogP contribution in [0.25, 0.3) is 0 Å². The molecule has 1 amide bonds. The van der Waals surface area contributed by atoms with Crippen LogP contribution in [0.3, 0.4) is 0 Å². The van der Waals surface area contributed by atoms with Crippen LogP contribution in [0.15, 0.2) is 24.3 Å². The van der Waals surface area contributed by atoms with Gasteiger partial charge in [0.05, 0.1) is 5.56 Å². The lowest BCUT2D eigenvalue weighted by molar-refractivity contribution is 0.0555. The fourth-order valence-electron chi connectivity index (χ4n) is 2.97. The van der Waals surface area contributed by atoms with Crippen molar-refractivity contribution in [2.45, 2.75) is 39.5 Å². The van der Waals surface area contributed by atoms with Gasteiger partial charge < -0.3 is 10.0 Å². The first-order valence-corrected chi connectivity index (χ1v) is 7.19. The molecule has 1 N–H and O–H groups in total. The number of rotatable bonds is 3. The standard InChI is InChI=1S/C16H23NO2/c1-3-16(4-2)9-11-17(12-10-16)15(19)13-7-5-6-8-14(13)18/h5-8,18H,3-4,9-12H2,1-2H3. The van der Waals surface area contributed by atoms with E-state index in [1.807, 2.05) is 4.90 Å². The van der Waals surface area contributed by atoms with Crippen molar-refractivity contribution < 1.29 is 9.90 Å². The second-order valence-electron chi connectivity index (χ2n) is 5.52. The van der Waals surface area contributed by atoms with Gasteiger partial charge in [-0.05, 0) is 30.4 Å². The first-order valence-electron chi connectivity index (χ1n) is 7.19. The Morgan fingerprint density at radius 3 is 2.32 bits per heavy atom. The molecule has 1 fully saturated rings. The number of phenolic OH excluding ortho intramolecular Hbond substituents is 1. The first-order chi connectivity index (χ1) is 9.12. The van der Waals surface area contributed by atoms with Crippen molar-refractivity contribution in [2.24, 2.45) is 5.41 Å². The van der Waals surface area contributed by atoms with Crippen molar-refractivity contribution in [3.8, 4) is 5.75 Å². The molecule has 0 atom stereocenters. The second kappa shape index (κ2) is 5.64. The molecule has 1 heterocycles. The molecule has 0 radical (unpaired) electrons. The van der Waals surface area contributed by atoms with Crippen molar-refractivity contribution >= 4 is 5.91 Å². The molecule has 104 valence electrons. The summed E-state index contributed by atoms with van der Waals surface area (Å²) in [6.07, 6.45) is 4.50. The van der Waals surface area contributed by atoms with Crippen LogP contribution < -0.4 is 0 Å². The van der Waals surface area contributed by atoms with Crippen LogP contribution in [0.5, 0.6) is 5.75 Å². The van der Waals surface area contributed by atoms with Crippen molar-refractivity contribution in [3.05, 3.63) is 29.8 Å². The maximum absolute atomic E-state index is 12.4. The minimum absolute atomic E-state index is 0.0427. The van der Waals surface area contributed by atoms with E-state index in [9.17, 15) is 9.90 Å². The van der Waals surface area contributed by atoms with Crippen LogP contribution in [-0.4, -0.2) is 29.0 Å². The normalized spacial score (nSPS) is 18.3. The van der Waals surface area contributed by atoms with E-state index in [-0.39, 0.29) is 11.7 Å². The zero-order chi connectivity index (χ0) is 13.9. The van der Waals surface area contributed by atoms with Gasteiger partial charge in [-0.3, -0.25) is 4.79 Å². The summed E-state index contributed by atoms with van der Waals surface area (Å²) >= 11 is 0. The predicted molar refractivity (Wildman–Crippen MR) is 76.3 cm³/mol. The fraction of sp³-hybridized carbons (Fsp3) is 0.562. The van der Waals surface area contributed by atoms with Gasteiger partial charge in [-0.25, -0.2) is 0 Å². The second-order valence-corrected chi connectivity index (χ2v) is 5.52. The summed E-state index contributed by atoms with van der Waals surface area (Å²) in [5, 5.41) is 9.76. The Kier molecular flexibility index (Phi) is 4.13. The predicted octanol–water partition coefficient (Wildman–Crippen LogP) is 3.43. The number of hydrogen-bond acceptors (Lipinski definition) is 2. The van der Waals surface area contributed by atoms with E-state index in [0.29, 0.717) is 11.0 Å². The first kappa shape index (κ1) is 13.9. The Balaban J connectivity index is 2.06. The van der Waals surface area contributed by atoms with E-state index in [1.165, 1.54) is 12.8 Å². The van der Waals surface area contributed by atoms with Gasteiger partial charge in [0.1, 0.15) is 5.75 Å². The average Bonchev–Trinajstić information content (AvgIpc) is 2.47. The highest BCUT2D eigenvalue weighted by Gasteiger charge is 2.33. The Morgan fingerprint density at radius 1 is 1.21 bits per heavy atom. The number of hydrogen-bond donors (Lipinski definition) is 1. The maximum atomic E-state index is 12.4. The molecule has 2 rings (SSSR count). The Bertz CT molecular complexity index is 442. The topological polar surface area (TPSA) is 40.5 Å². The van der Waals surface area contributed by atoms with E-state index in [0.717, 1.165) is 25.9 Å². The summed E-state index contributed by atoms with van der Waals surface area (Å²) < 4.78 is 0. The van der Waals surface area contributed by atoms with Crippen LogP contribution in [0, 0.1) is 5.41 Å². The van der Waals surface area contributed by atoms with Crippen molar-refractivity contribution in [1.29, 1.82) is 0 Å². The summed E-state index contributed by atoms with van der Waals surface area (Å²) in [6, 6.07) is 6.79. The largest absolute Gasteiger partial charge is 0.507 e. The van der Waals surface area contributed by atoms with E-state index < -0.39 is 0 Å². The minimum atomic E-state index is -0.0427. The highest BCUT2D eigenvalue weighted by Crippen LogP contribution is 2.38. The molecule has 1 aliphatic rings. The van der Waals surface area contributed by atoms with Crippen molar-refractivity contribution in [3.63, 3.8) is 0 Å². The van der Waals surface area contributed by atoms with Crippen LogP contribution in [0.1, 0.15) is 49.9 Å². The van der Waals surface area contributed by atoms with Crippen LogP contribution >= 0.6 is 0 Å². The molecule has 0 unspecified atom stereocenters. The minimum Gasteiger partial charge on any atom is -0.507 e. The van der Waals surface area contributed by atoms with Gasteiger partial charge in [0.25, 0.3) is 5.91 Å². The maximum Gasteiger partial charge on any atom is 0.257 e. The van der Waals surface area contributed by atoms with E-state index in [2.05, 4.69) is 13.8 Å². The highest BCUT2D eigenvalue weighted by atomic mass is 16.3. The van der Waals surface area contributed by atoms with E-state index in [4.69, 9.17) is 0 Å². The molecule has 1 saturated heterocycles. The molecule has 0 aliphatic carbocycles. The molecule has 1 aromatic rings. The summed E-state index contributed by atoms with van der Waals surface area (Å²) in [5.41, 5.74) is 0.832. The van der Waals surface area contributed by atoms with Crippen molar-refractivity contribution in [1.82, 2.24) is 4.90 Å². The van der Waals surface area contributed by atoms with E-state index in [1.54, 1.807) is 24.3 Å². The molecule has 3 heteroatoms. The smallest absolute Gasteiger partial charge is 0.257 e. The summed E-state index contributed by atoms with van der Waals surface area (Å²) in [6.45, 7) is 6.08. The van der Waals surface area contributed by atoms with E-state index >= 15 is 0 Å². The van der Waals surface area contributed by atoms with Crippen LogP contribution in [-0.2, 0) is 0 Å². The monoisotopic (exact) mass is 261 g/mol. The molecule has 19 heavy (non-hydrogen) atoms. The van der Waals surface area contributed by atoms with Gasteiger partial charge in [0.15, 0.2) is 0 Å². The third-order valence-electron chi connectivity index (χ3n) is 4.75. The van der Waals surface area contributed by atoms with Gasteiger partial charge in [0, 0.05) is 13.1 Å². The van der Waals surface area contributed by atoms with Gasteiger partial charge in [-0.2, -0.15) is 0 Å². The average molecular weight is 261 g/mol. The molecule has 3 nitrogen and oxygen atoms in total. The van der Waals surface area contributed by atoms with Gasteiger partial charge in [0.2, 0.25) is 0 Å². The SMILES string of the molecule is CCC1(CC)CCN(C(=O)c2ccccc2O)CC1. The molecular weight excluding hydrogens is 238 g/mol. The van der Waals surface area contributed by atoms with Gasteiger partial charge in [-0.15, -0.1) is 0 Å². The summed E-state index contributed by atoms with van der Waals surface area (Å²) in [7, 11) is 0. The number of nitrogens with zero attached hydrogens (tertiary/aromatic N) is 1. The fourth-order valence-corrected chi connectivity index (χ4v) is 2.97. The highest BCUT2D eigenvalue weighted by molar-refractivity contribution is 5.96. The van der Waals surface area contributed by atoms with Crippen LogP contribution in [0.4, 0.5) is 0 Å². The number of para-hydroxylation sites is 1. The number of aromatic hydroxyl groups is 1. The molecular formula is C16H23NO2. The molecule has 0 spiro atoms. The number of phenols is 1. The lowest BCUT2D eigenvalue weighted by atomic mass is 9.74. The molecule has 0 saturated carbocycles. The Hall–Kier alpha value is -1.51. The van der Waals surface area contributed by atoms with Crippen molar-refractivity contribution in [2.75, 3.05) is 13.1 Å².